The maximum Gasteiger partial charge on any atom is 0.256 e. The molecule has 20 heavy (non-hydrogen) atoms. The Labute approximate surface area is 113 Å². The number of nitrogens with two attached hydrogens (primary N) is 1. The van der Waals surface area contributed by atoms with E-state index in [1.165, 1.54) is 18.3 Å². The van der Waals surface area contributed by atoms with Gasteiger partial charge in [-0.1, -0.05) is 5.16 Å². The van der Waals surface area contributed by atoms with Crippen LogP contribution in [0.5, 0.6) is 0 Å². The number of oxime groups is 1. The molecule has 1 aromatic carbocycles. The van der Waals surface area contributed by atoms with Crippen molar-refractivity contribution >= 4 is 17.6 Å². The second-order valence-electron chi connectivity index (χ2n) is 4.12. The number of aromatic nitrogens is 2. The smallest absolute Gasteiger partial charge is 0.256 e. The summed E-state index contributed by atoms with van der Waals surface area (Å²) in [7, 11) is 0. The normalized spacial score (nSPS) is 11.4. The standard InChI is InChI=1S/C12H12FN5O2/c1-6-2-7(4-8(13)3-6)12(19)16-11-9(5-15-17-11)10(14)18-20/h2-5,20H,1H3,(H2,14,18)(H2,15,16,17,19). The average Bonchev–Trinajstić information content (AvgIpc) is 2.84. The minimum atomic E-state index is -0.538. The number of carbonyl (C=O) groups excluding carboxylic acids is 1. The maximum absolute atomic E-state index is 13.3. The number of hydrogen-bond donors (Lipinski definition) is 4. The fraction of sp³-hybridized carbons (Fsp3) is 0.0833. The summed E-state index contributed by atoms with van der Waals surface area (Å²) < 4.78 is 13.3. The number of aryl methyl sites for hydroxylation is 1. The summed E-state index contributed by atoms with van der Waals surface area (Å²) in [5.74, 6) is -1.09. The summed E-state index contributed by atoms with van der Waals surface area (Å²) >= 11 is 0. The van der Waals surface area contributed by atoms with Crippen molar-refractivity contribution in [3.63, 3.8) is 0 Å². The van der Waals surface area contributed by atoms with Crippen molar-refractivity contribution in [2.24, 2.45) is 10.9 Å². The summed E-state index contributed by atoms with van der Waals surface area (Å²) in [6, 6.07) is 3.97. The van der Waals surface area contributed by atoms with E-state index in [-0.39, 0.29) is 22.8 Å². The molecule has 0 radical (unpaired) electrons. The number of nitrogens with one attached hydrogen (secondary N) is 2. The van der Waals surface area contributed by atoms with Crippen LogP contribution in [0.4, 0.5) is 10.2 Å². The SMILES string of the molecule is Cc1cc(F)cc(C(=O)Nc2[nH]ncc2/C(N)=N/O)c1. The molecule has 0 atom stereocenters. The Morgan fingerprint density at radius 1 is 1.50 bits per heavy atom. The van der Waals surface area contributed by atoms with Crippen LogP contribution in [0.15, 0.2) is 29.6 Å². The number of anilines is 1. The molecule has 0 saturated carbocycles. The number of carbonyl (C=O) groups is 1. The van der Waals surface area contributed by atoms with Gasteiger partial charge in [-0.25, -0.2) is 4.39 Å². The molecular weight excluding hydrogens is 265 g/mol. The van der Waals surface area contributed by atoms with E-state index in [0.29, 0.717) is 5.56 Å². The third-order valence-electron chi connectivity index (χ3n) is 2.57. The number of nitrogens with zero attached hydrogens (tertiary/aromatic N) is 2. The summed E-state index contributed by atoms with van der Waals surface area (Å²) in [6.45, 7) is 1.68. The van der Waals surface area contributed by atoms with Gasteiger partial charge in [-0.2, -0.15) is 5.10 Å². The molecule has 2 rings (SSSR count). The molecular formula is C12H12FN5O2. The first-order valence-corrected chi connectivity index (χ1v) is 5.61. The summed E-state index contributed by atoms with van der Waals surface area (Å²) in [5, 5.41) is 20.1. The van der Waals surface area contributed by atoms with Gasteiger partial charge in [0.25, 0.3) is 5.91 Å². The summed E-state index contributed by atoms with van der Waals surface area (Å²) in [4.78, 5) is 12.0. The van der Waals surface area contributed by atoms with E-state index < -0.39 is 11.7 Å². The van der Waals surface area contributed by atoms with Gasteiger partial charge in [0.05, 0.1) is 11.8 Å². The first-order valence-electron chi connectivity index (χ1n) is 5.61. The molecule has 0 spiro atoms. The Bertz CT molecular complexity index is 660. The maximum atomic E-state index is 13.3. The minimum Gasteiger partial charge on any atom is -0.409 e. The van der Waals surface area contributed by atoms with Crippen LogP contribution >= 0.6 is 0 Å². The van der Waals surface area contributed by atoms with Crippen LogP contribution in [0.1, 0.15) is 21.5 Å². The second-order valence-corrected chi connectivity index (χ2v) is 4.12. The molecule has 0 aliphatic rings. The topological polar surface area (TPSA) is 116 Å². The molecule has 0 unspecified atom stereocenters. The predicted molar refractivity (Wildman–Crippen MR) is 70.2 cm³/mol. The van der Waals surface area contributed by atoms with E-state index in [0.717, 1.165) is 6.07 Å². The third kappa shape index (κ3) is 2.74. The molecule has 8 heteroatoms. The van der Waals surface area contributed by atoms with Gasteiger partial charge in [-0.05, 0) is 30.7 Å². The van der Waals surface area contributed by atoms with Gasteiger partial charge in [0.2, 0.25) is 0 Å². The average molecular weight is 277 g/mol. The number of benzene rings is 1. The summed E-state index contributed by atoms with van der Waals surface area (Å²) in [6.07, 6.45) is 1.29. The molecule has 1 heterocycles. The highest BCUT2D eigenvalue weighted by atomic mass is 19.1. The zero-order valence-electron chi connectivity index (χ0n) is 10.5. The van der Waals surface area contributed by atoms with Gasteiger partial charge >= 0.3 is 0 Å². The van der Waals surface area contributed by atoms with Crippen molar-refractivity contribution in [3.8, 4) is 0 Å². The zero-order chi connectivity index (χ0) is 14.7. The van der Waals surface area contributed by atoms with Crippen molar-refractivity contribution in [2.45, 2.75) is 6.92 Å². The molecule has 1 amide bonds. The fourth-order valence-corrected chi connectivity index (χ4v) is 1.68. The Morgan fingerprint density at radius 2 is 2.25 bits per heavy atom. The molecule has 1 aromatic heterocycles. The number of amidine groups is 1. The van der Waals surface area contributed by atoms with Crippen LogP contribution in [0, 0.1) is 12.7 Å². The van der Waals surface area contributed by atoms with Crippen molar-refractivity contribution in [3.05, 3.63) is 46.9 Å². The van der Waals surface area contributed by atoms with Crippen LogP contribution < -0.4 is 11.1 Å². The molecule has 0 aliphatic heterocycles. The Hall–Kier alpha value is -2.90. The monoisotopic (exact) mass is 277 g/mol. The van der Waals surface area contributed by atoms with E-state index in [1.54, 1.807) is 6.92 Å². The zero-order valence-corrected chi connectivity index (χ0v) is 10.5. The highest BCUT2D eigenvalue weighted by Gasteiger charge is 2.14. The van der Waals surface area contributed by atoms with Gasteiger partial charge in [0.15, 0.2) is 5.84 Å². The van der Waals surface area contributed by atoms with E-state index in [9.17, 15) is 9.18 Å². The van der Waals surface area contributed by atoms with Crippen LogP contribution in [-0.2, 0) is 0 Å². The molecule has 0 aliphatic carbocycles. The molecule has 0 fully saturated rings. The number of halogens is 1. The van der Waals surface area contributed by atoms with Crippen LogP contribution in [0.25, 0.3) is 0 Å². The lowest BCUT2D eigenvalue weighted by atomic mass is 10.1. The van der Waals surface area contributed by atoms with Crippen molar-refractivity contribution in [1.29, 1.82) is 0 Å². The van der Waals surface area contributed by atoms with E-state index in [2.05, 4.69) is 20.7 Å². The number of hydrogen-bond acceptors (Lipinski definition) is 4. The van der Waals surface area contributed by atoms with E-state index >= 15 is 0 Å². The number of amides is 1. The number of H-pyrrole nitrogens is 1. The number of rotatable bonds is 3. The molecule has 5 N–H and O–H groups in total. The second kappa shape index (κ2) is 5.39. The van der Waals surface area contributed by atoms with Crippen LogP contribution in [0.3, 0.4) is 0 Å². The summed E-state index contributed by atoms with van der Waals surface area (Å²) in [5.41, 5.74) is 6.44. The van der Waals surface area contributed by atoms with E-state index in [1.807, 2.05) is 0 Å². The lowest BCUT2D eigenvalue weighted by Crippen LogP contribution is -2.18. The van der Waals surface area contributed by atoms with Crippen molar-refractivity contribution in [2.75, 3.05) is 5.32 Å². The quantitative estimate of drug-likeness (QED) is 0.292. The fourth-order valence-electron chi connectivity index (χ4n) is 1.68. The first kappa shape index (κ1) is 13.5. The molecule has 7 nitrogen and oxygen atoms in total. The molecule has 0 bridgehead atoms. The van der Waals surface area contributed by atoms with Crippen molar-refractivity contribution in [1.82, 2.24) is 10.2 Å². The predicted octanol–water partition coefficient (Wildman–Crippen LogP) is 1.20. The van der Waals surface area contributed by atoms with Gasteiger partial charge in [0.1, 0.15) is 11.6 Å². The van der Waals surface area contributed by atoms with Crippen molar-refractivity contribution < 1.29 is 14.4 Å². The first-order chi connectivity index (χ1) is 9.51. The minimum absolute atomic E-state index is 0.155. The van der Waals surface area contributed by atoms with Gasteiger partial charge < -0.3 is 16.3 Å². The Kier molecular flexibility index (Phi) is 3.65. The molecule has 104 valence electrons. The van der Waals surface area contributed by atoms with Gasteiger partial charge in [-0.3, -0.25) is 9.89 Å². The largest absolute Gasteiger partial charge is 0.409 e. The van der Waals surface area contributed by atoms with Gasteiger partial charge in [0, 0.05) is 5.56 Å². The molecule has 0 saturated heterocycles. The third-order valence-corrected chi connectivity index (χ3v) is 2.57. The lowest BCUT2D eigenvalue weighted by Gasteiger charge is -2.06. The highest BCUT2D eigenvalue weighted by Crippen LogP contribution is 2.14. The molecule has 2 aromatic rings. The van der Waals surface area contributed by atoms with Crippen LogP contribution in [-0.4, -0.2) is 27.1 Å². The lowest BCUT2D eigenvalue weighted by molar-refractivity contribution is 0.102. The van der Waals surface area contributed by atoms with Gasteiger partial charge in [-0.15, -0.1) is 0 Å². The Morgan fingerprint density at radius 3 is 2.90 bits per heavy atom. The highest BCUT2D eigenvalue weighted by molar-refractivity contribution is 6.08. The van der Waals surface area contributed by atoms with E-state index in [4.69, 9.17) is 10.9 Å². The van der Waals surface area contributed by atoms with Crippen LogP contribution in [0.2, 0.25) is 0 Å². The Balaban J connectivity index is 2.26. The number of aromatic amines is 1.